The van der Waals surface area contributed by atoms with Gasteiger partial charge in [0.2, 0.25) is 0 Å². The average Bonchev–Trinajstić information content (AvgIpc) is 2.90. The Bertz CT molecular complexity index is 308. The number of aliphatic hydroxyl groups excluding tert-OH is 1. The Labute approximate surface area is 129 Å². The van der Waals surface area contributed by atoms with Crippen LogP contribution in [0.15, 0.2) is 11.8 Å². The molecule has 1 saturated carbocycles. The molecule has 1 saturated heterocycles. The third kappa shape index (κ3) is 5.99. The lowest BCUT2D eigenvalue weighted by Gasteiger charge is -2.25. The van der Waals surface area contributed by atoms with Crippen molar-refractivity contribution in [2.24, 2.45) is 5.92 Å². The van der Waals surface area contributed by atoms with E-state index in [2.05, 4.69) is 13.0 Å². The summed E-state index contributed by atoms with van der Waals surface area (Å²) in [5, 5.41) is 9.94. The van der Waals surface area contributed by atoms with Gasteiger partial charge in [-0.1, -0.05) is 26.2 Å². The van der Waals surface area contributed by atoms with Gasteiger partial charge in [0, 0.05) is 18.8 Å². The standard InChI is InChI=1S/C18H31O3/c1-2-3-4-5-10-16(14-15-9-8-11-17(15)19)21-18-12-6-7-13-20-18/h14-15,18-19H,2-13H2,1H3/b16-14+. The largest absolute Gasteiger partial charge is 0.470 e. The second-order valence-electron chi connectivity index (χ2n) is 6.35. The molecule has 2 atom stereocenters. The van der Waals surface area contributed by atoms with Crippen molar-refractivity contribution in [2.75, 3.05) is 6.61 Å². The van der Waals surface area contributed by atoms with Crippen molar-refractivity contribution >= 4 is 0 Å². The van der Waals surface area contributed by atoms with Crippen LogP contribution in [0, 0.1) is 12.0 Å². The number of ether oxygens (including phenoxy) is 2. The lowest BCUT2D eigenvalue weighted by molar-refractivity contribution is -0.140. The van der Waals surface area contributed by atoms with Gasteiger partial charge in [0.05, 0.1) is 12.4 Å². The summed E-state index contributed by atoms with van der Waals surface area (Å²) in [6, 6.07) is 0. The molecular formula is C18H31O3. The molecule has 1 radical (unpaired) electrons. The van der Waals surface area contributed by atoms with Crippen LogP contribution in [-0.4, -0.2) is 18.0 Å². The van der Waals surface area contributed by atoms with E-state index in [1.807, 2.05) is 0 Å². The van der Waals surface area contributed by atoms with Crippen LogP contribution in [0.2, 0.25) is 0 Å². The highest BCUT2D eigenvalue weighted by Gasteiger charge is 2.26. The zero-order valence-corrected chi connectivity index (χ0v) is 13.5. The fourth-order valence-electron chi connectivity index (χ4n) is 3.14. The van der Waals surface area contributed by atoms with Crippen molar-refractivity contribution in [1.82, 2.24) is 0 Å². The Kier molecular flexibility index (Phi) is 7.59. The Morgan fingerprint density at radius 3 is 2.81 bits per heavy atom. The van der Waals surface area contributed by atoms with Crippen LogP contribution in [0.4, 0.5) is 0 Å². The molecule has 2 aliphatic rings. The van der Waals surface area contributed by atoms with E-state index in [1.54, 1.807) is 0 Å². The second kappa shape index (κ2) is 9.47. The smallest absolute Gasteiger partial charge is 0.199 e. The lowest BCUT2D eigenvalue weighted by atomic mass is 10.0. The molecule has 121 valence electrons. The van der Waals surface area contributed by atoms with Crippen LogP contribution >= 0.6 is 0 Å². The van der Waals surface area contributed by atoms with Crippen molar-refractivity contribution in [2.45, 2.75) is 83.8 Å². The maximum atomic E-state index is 9.94. The molecule has 2 fully saturated rings. The van der Waals surface area contributed by atoms with Gasteiger partial charge in [-0.25, -0.2) is 0 Å². The molecule has 0 aromatic heterocycles. The fraction of sp³-hybridized carbons (Fsp3) is 0.833. The van der Waals surface area contributed by atoms with E-state index in [4.69, 9.17) is 9.47 Å². The van der Waals surface area contributed by atoms with Gasteiger partial charge in [-0.2, -0.15) is 0 Å². The van der Waals surface area contributed by atoms with Crippen molar-refractivity contribution < 1.29 is 14.6 Å². The predicted octanol–water partition coefficient (Wildman–Crippen LogP) is 5.09. The summed E-state index contributed by atoms with van der Waals surface area (Å²) in [5.74, 6) is 1.24. The fourth-order valence-corrected chi connectivity index (χ4v) is 3.14. The molecule has 3 heteroatoms. The van der Waals surface area contributed by atoms with E-state index in [0.717, 1.165) is 50.9 Å². The summed E-state index contributed by atoms with van der Waals surface area (Å²) in [6.07, 6.45) is 15.0. The molecule has 1 aliphatic carbocycles. The highest BCUT2D eigenvalue weighted by Crippen LogP contribution is 2.34. The van der Waals surface area contributed by atoms with Gasteiger partial charge in [0.15, 0.2) is 6.29 Å². The van der Waals surface area contributed by atoms with E-state index in [1.165, 1.54) is 32.1 Å². The average molecular weight is 295 g/mol. The van der Waals surface area contributed by atoms with Crippen LogP contribution < -0.4 is 0 Å². The number of unbranched alkanes of at least 4 members (excludes halogenated alkanes) is 3. The molecule has 21 heavy (non-hydrogen) atoms. The van der Waals surface area contributed by atoms with Gasteiger partial charge >= 0.3 is 0 Å². The third-order valence-corrected chi connectivity index (χ3v) is 4.46. The van der Waals surface area contributed by atoms with Crippen LogP contribution in [0.1, 0.15) is 77.6 Å². The highest BCUT2D eigenvalue weighted by molar-refractivity contribution is 5.07. The van der Waals surface area contributed by atoms with E-state index >= 15 is 0 Å². The van der Waals surface area contributed by atoms with Crippen molar-refractivity contribution in [3.8, 4) is 0 Å². The molecule has 0 aromatic carbocycles. The van der Waals surface area contributed by atoms with Crippen molar-refractivity contribution in [1.29, 1.82) is 0 Å². The van der Waals surface area contributed by atoms with E-state index in [-0.39, 0.29) is 12.2 Å². The molecule has 0 bridgehead atoms. The second-order valence-corrected chi connectivity index (χ2v) is 6.35. The van der Waals surface area contributed by atoms with Crippen LogP contribution in [0.3, 0.4) is 0 Å². The summed E-state index contributed by atoms with van der Waals surface area (Å²) < 4.78 is 11.8. The summed E-state index contributed by atoms with van der Waals surface area (Å²) in [4.78, 5) is 0. The molecule has 1 heterocycles. The maximum absolute atomic E-state index is 9.94. The summed E-state index contributed by atoms with van der Waals surface area (Å²) in [5.41, 5.74) is 0. The van der Waals surface area contributed by atoms with E-state index < -0.39 is 0 Å². The Balaban J connectivity index is 1.86. The highest BCUT2D eigenvalue weighted by atomic mass is 16.7. The first-order valence-corrected chi connectivity index (χ1v) is 8.83. The van der Waals surface area contributed by atoms with Gasteiger partial charge in [0.25, 0.3) is 0 Å². The minimum absolute atomic E-state index is 0.0697. The minimum Gasteiger partial charge on any atom is -0.470 e. The normalized spacial score (nSPS) is 28.0. The minimum atomic E-state index is -0.0697. The molecule has 0 amide bonds. The molecule has 1 aliphatic heterocycles. The molecule has 2 rings (SSSR count). The SMILES string of the molecule is CCCCCC/C(=C\C1CCC[C]1O)OC1CCCCO1. The quantitative estimate of drug-likeness (QED) is 0.501. The number of aliphatic hydroxyl groups is 1. The lowest BCUT2D eigenvalue weighted by Crippen LogP contribution is -2.22. The molecule has 3 nitrogen and oxygen atoms in total. The Morgan fingerprint density at radius 2 is 2.14 bits per heavy atom. The van der Waals surface area contributed by atoms with Crippen LogP contribution in [0.25, 0.3) is 0 Å². The first-order valence-electron chi connectivity index (χ1n) is 8.83. The Morgan fingerprint density at radius 1 is 1.24 bits per heavy atom. The monoisotopic (exact) mass is 295 g/mol. The third-order valence-electron chi connectivity index (χ3n) is 4.46. The number of hydrogen-bond donors (Lipinski definition) is 1. The maximum Gasteiger partial charge on any atom is 0.199 e. The zero-order valence-electron chi connectivity index (χ0n) is 13.5. The molecule has 1 N–H and O–H groups in total. The van der Waals surface area contributed by atoms with E-state index in [9.17, 15) is 5.11 Å². The van der Waals surface area contributed by atoms with Crippen LogP contribution in [-0.2, 0) is 9.47 Å². The summed E-state index contributed by atoms with van der Waals surface area (Å²) >= 11 is 0. The van der Waals surface area contributed by atoms with Gasteiger partial charge in [-0.3, -0.25) is 0 Å². The van der Waals surface area contributed by atoms with Crippen molar-refractivity contribution in [3.63, 3.8) is 0 Å². The van der Waals surface area contributed by atoms with Crippen molar-refractivity contribution in [3.05, 3.63) is 17.9 Å². The molecule has 0 aromatic rings. The Hall–Kier alpha value is -0.540. The topological polar surface area (TPSA) is 38.7 Å². The molecule has 2 unspecified atom stereocenters. The van der Waals surface area contributed by atoms with Crippen LogP contribution in [0.5, 0.6) is 0 Å². The van der Waals surface area contributed by atoms with Gasteiger partial charge in [-0.05, 0) is 44.6 Å². The summed E-state index contributed by atoms with van der Waals surface area (Å²) in [6.45, 7) is 3.04. The van der Waals surface area contributed by atoms with Gasteiger partial charge < -0.3 is 14.6 Å². The van der Waals surface area contributed by atoms with Gasteiger partial charge in [0.1, 0.15) is 6.10 Å². The first-order chi connectivity index (χ1) is 10.3. The zero-order chi connectivity index (χ0) is 14.9. The summed E-state index contributed by atoms with van der Waals surface area (Å²) in [7, 11) is 0. The predicted molar refractivity (Wildman–Crippen MR) is 84.0 cm³/mol. The number of allylic oxidation sites excluding steroid dienone is 1. The number of hydrogen-bond acceptors (Lipinski definition) is 3. The molecule has 0 spiro atoms. The molecular weight excluding hydrogens is 264 g/mol. The van der Waals surface area contributed by atoms with E-state index in [0.29, 0.717) is 6.10 Å². The number of rotatable bonds is 8. The first kappa shape index (κ1) is 16.8. The van der Waals surface area contributed by atoms with Gasteiger partial charge in [-0.15, -0.1) is 0 Å².